The molecule has 1 unspecified atom stereocenters. The van der Waals surface area contributed by atoms with Crippen molar-refractivity contribution in [3.63, 3.8) is 0 Å². The summed E-state index contributed by atoms with van der Waals surface area (Å²) in [4.78, 5) is 0. The Labute approximate surface area is 78.7 Å². The van der Waals surface area contributed by atoms with Crippen LogP contribution in [0.3, 0.4) is 0 Å². The topological polar surface area (TPSA) is 26.3 Å². The first kappa shape index (κ1) is 10.2. The van der Waals surface area contributed by atoms with E-state index in [1.54, 1.807) is 11.9 Å². The average Bonchev–Trinajstić information content (AvgIpc) is 2.19. The van der Waals surface area contributed by atoms with Crippen LogP contribution in [0, 0.1) is 0 Å². The first-order chi connectivity index (χ1) is 6.23. The van der Waals surface area contributed by atoms with Crippen LogP contribution in [0.2, 0.25) is 0 Å². The Kier molecular flexibility index (Phi) is 3.47. The molecule has 0 radical (unpaired) electrons. The van der Waals surface area contributed by atoms with Gasteiger partial charge in [-0.25, -0.2) is 0 Å². The Bertz CT molecular complexity index is 330. The summed E-state index contributed by atoms with van der Waals surface area (Å²) in [6, 6.07) is 9.21. The molecule has 0 aliphatic carbocycles. The molecule has 0 bridgehead atoms. The molecule has 0 heterocycles. The summed E-state index contributed by atoms with van der Waals surface area (Å²) >= 11 is 0. The van der Waals surface area contributed by atoms with E-state index in [0.29, 0.717) is 0 Å². The predicted molar refractivity (Wildman–Crippen MR) is 55.5 cm³/mol. The quantitative estimate of drug-likeness (QED) is 0.695. The van der Waals surface area contributed by atoms with Crippen molar-refractivity contribution in [3.05, 3.63) is 42.2 Å². The van der Waals surface area contributed by atoms with Crippen LogP contribution in [0.15, 0.2) is 42.2 Å². The van der Waals surface area contributed by atoms with Gasteiger partial charge < -0.3 is 4.52 Å². The predicted octanol–water partition coefficient (Wildman–Crippen LogP) is 2.77. The molecule has 0 aliphatic heterocycles. The Balaban J connectivity index is 3.11. The lowest BCUT2D eigenvalue weighted by atomic mass is 10.4. The highest BCUT2D eigenvalue weighted by Crippen LogP contribution is 2.46. The van der Waals surface area contributed by atoms with Crippen molar-refractivity contribution >= 4 is 12.7 Å². The number of benzene rings is 1. The lowest BCUT2D eigenvalue weighted by molar-refractivity contribution is 0.411. The molecular formula is C10H13O2P. The molecule has 0 amide bonds. The first-order valence-corrected chi connectivity index (χ1v) is 5.77. The minimum Gasteiger partial charge on any atom is -0.326 e. The van der Waals surface area contributed by atoms with Crippen molar-refractivity contribution in [2.75, 3.05) is 7.11 Å². The van der Waals surface area contributed by atoms with E-state index in [9.17, 15) is 4.57 Å². The summed E-state index contributed by atoms with van der Waals surface area (Å²) in [6.07, 6.45) is 1.75. The third-order valence-electron chi connectivity index (χ3n) is 1.73. The van der Waals surface area contributed by atoms with E-state index in [0.717, 1.165) is 5.30 Å². The third-order valence-corrected chi connectivity index (χ3v) is 3.98. The second kappa shape index (κ2) is 4.40. The minimum atomic E-state index is -2.73. The molecule has 1 aromatic rings. The van der Waals surface area contributed by atoms with Gasteiger partial charge in [0.05, 0.1) is 0 Å². The van der Waals surface area contributed by atoms with Crippen LogP contribution >= 0.6 is 7.37 Å². The number of rotatable bonds is 3. The lowest BCUT2D eigenvalue weighted by Crippen LogP contribution is -2.02. The zero-order valence-electron chi connectivity index (χ0n) is 7.81. The molecule has 0 aliphatic rings. The fourth-order valence-electron chi connectivity index (χ4n) is 1.08. The van der Waals surface area contributed by atoms with E-state index in [-0.39, 0.29) is 0 Å². The molecule has 0 fully saturated rings. The highest BCUT2D eigenvalue weighted by Gasteiger charge is 2.19. The fraction of sp³-hybridized carbons (Fsp3) is 0.200. The van der Waals surface area contributed by atoms with Crippen molar-refractivity contribution in [3.8, 4) is 0 Å². The third kappa shape index (κ3) is 2.30. The van der Waals surface area contributed by atoms with Gasteiger partial charge in [-0.2, -0.15) is 0 Å². The van der Waals surface area contributed by atoms with Crippen molar-refractivity contribution in [1.82, 2.24) is 0 Å². The Morgan fingerprint density at radius 2 is 1.92 bits per heavy atom. The molecule has 70 valence electrons. The van der Waals surface area contributed by atoms with Crippen LogP contribution < -0.4 is 5.30 Å². The Morgan fingerprint density at radius 1 is 1.31 bits per heavy atom. The van der Waals surface area contributed by atoms with Crippen molar-refractivity contribution in [2.24, 2.45) is 0 Å². The summed E-state index contributed by atoms with van der Waals surface area (Å²) < 4.78 is 17.1. The summed E-state index contributed by atoms with van der Waals surface area (Å²) in [6.45, 7) is 1.83. The second-order valence-electron chi connectivity index (χ2n) is 2.60. The number of allylic oxidation sites excluding steroid dienone is 1. The van der Waals surface area contributed by atoms with E-state index in [2.05, 4.69) is 0 Å². The second-order valence-corrected chi connectivity index (χ2v) is 4.97. The van der Waals surface area contributed by atoms with E-state index >= 15 is 0 Å². The monoisotopic (exact) mass is 196 g/mol. The average molecular weight is 196 g/mol. The van der Waals surface area contributed by atoms with Crippen molar-refractivity contribution in [1.29, 1.82) is 0 Å². The van der Waals surface area contributed by atoms with Gasteiger partial charge in [-0.15, -0.1) is 0 Å². The summed E-state index contributed by atoms with van der Waals surface area (Å²) in [5.41, 5.74) is 0. The molecule has 0 saturated heterocycles. The molecule has 0 N–H and O–H groups in total. The maximum absolute atomic E-state index is 12.1. The van der Waals surface area contributed by atoms with Crippen LogP contribution in [0.1, 0.15) is 6.92 Å². The molecule has 2 nitrogen and oxygen atoms in total. The summed E-state index contributed by atoms with van der Waals surface area (Å²) in [5.74, 6) is 1.61. The van der Waals surface area contributed by atoms with E-state index in [1.807, 2.05) is 37.3 Å². The Morgan fingerprint density at radius 3 is 2.38 bits per heavy atom. The van der Waals surface area contributed by atoms with Gasteiger partial charge >= 0.3 is 0 Å². The zero-order valence-corrected chi connectivity index (χ0v) is 8.70. The van der Waals surface area contributed by atoms with Gasteiger partial charge in [0.2, 0.25) is 0 Å². The minimum absolute atomic E-state index is 0.732. The molecule has 3 heteroatoms. The molecule has 0 spiro atoms. The highest BCUT2D eigenvalue weighted by molar-refractivity contribution is 7.69. The number of hydrogen-bond donors (Lipinski definition) is 0. The van der Waals surface area contributed by atoms with E-state index < -0.39 is 7.37 Å². The van der Waals surface area contributed by atoms with Crippen LogP contribution in [-0.2, 0) is 9.09 Å². The molecule has 13 heavy (non-hydrogen) atoms. The Hall–Kier alpha value is -0.850. The normalized spacial score (nSPS) is 15.8. The van der Waals surface area contributed by atoms with Crippen molar-refractivity contribution < 1.29 is 9.09 Å². The van der Waals surface area contributed by atoms with Gasteiger partial charge in [-0.05, 0) is 19.1 Å². The molecular weight excluding hydrogens is 183 g/mol. The van der Waals surface area contributed by atoms with Gasteiger partial charge in [-0.1, -0.05) is 24.3 Å². The van der Waals surface area contributed by atoms with Crippen LogP contribution in [0.5, 0.6) is 0 Å². The van der Waals surface area contributed by atoms with Crippen LogP contribution in [0.4, 0.5) is 0 Å². The molecule has 1 aromatic carbocycles. The van der Waals surface area contributed by atoms with Crippen molar-refractivity contribution in [2.45, 2.75) is 6.92 Å². The highest BCUT2D eigenvalue weighted by atomic mass is 31.2. The van der Waals surface area contributed by atoms with Crippen LogP contribution in [0.25, 0.3) is 0 Å². The summed E-state index contributed by atoms with van der Waals surface area (Å²) in [7, 11) is -1.27. The first-order valence-electron chi connectivity index (χ1n) is 4.08. The van der Waals surface area contributed by atoms with Gasteiger partial charge in [0, 0.05) is 18.2 Å². The van der Waals surface area contributed by atoms with Gasteiger partial charge in [-0.3, -0.25) is 4.57 Å². The molecule has 0 aromatic heterocycles. The zero-order chi connectivity index (χ0) is 9.73. The fourth-order valence-corrected chi connectivity index (χ4v) is 2.57. The smallest absolute Gasteiger partial charge is 0.253 e. The standard InChI is InChI=1S/C10H13O2P/c1-3-9-13(11,12-2)10-7-5-4-6-8-10/h3-9H,1-2H3/b9-3+. The van der Waals surface area contributed by atoms with Crippen LogP contribution in [-0.4, -0.2) is 7.11 Å². The van der Waals surface area contributed by atoms with E-state index in [1.165, 1.54) is 7.11 Å². The van der Waals surface area contributed by atoms with Gasteiger partial charge in [0.25, 0.3) is 7.37 Å². The maximum Gasteiger partial charge on any atom is 0.253 e. The molecule has 1 atom stereocenters. The van der Waals surface area contributed by atoms with E-state index in [4.69, 9.17) is 4.52 Å². The van der Waals surface area contributed by atoms with Gasteiger partial charge in [0.15, 0.2) is 0 Å². The lowest BCUT2D eigenvalue weighted by Gasteiger charge is -2.11. The summed E-state index contributed by atoms with van der Waals surface area (Å²) in [5, 5.41) is 0.732. The van der Waals surface area contributed by atoms with Gasteiger partial charge in [0.1, 0.15) is 0 Å². The SMILES string of the molecule is C/C=C/P(=O)(OC)c1ccccc1. The largest absolute Gasteiger partial charge is 0.326 e. The molecule has 1 rings (SSSR count). The molecule has 0 saturated carbocycles. The number of hydrogen-bond acceptors (Lipinski definition) is 2. The maximum atomic E-state index is 12.1.